The number of esters is 1. The van der Waals surface area contributed by atoms with Crippen LogP contribution in [0.15, 0.2) is 0 Å². The number of carbonyl (C=O) groups excluding carboxylic acids is 1. The summed E-state index contributed by atoms with van der Waals surface area (Å²) in [6, 6.07) is 0. The Labute approximate surface area is 73.3 Å². The first-order chi connectivity index (χ1) is 5.78. The number of hydrogen-bond acceptors (Lipinski definition) is 2. The molecule has 0 saturated heterocycles. The molecular formula is C10H16O2. The van der Waals surface area contributed by atoms with Gasteiger partial charge in [0.2, 0.25) is 0 Å². The Kier molecular flexibility index (Phi) is 1.85. The van der Waals surface area contributed by atoms with Gasteiger partial charge in [0.15, 0.2) is 0 Å². The predicted molar refractivity (Wildman–Crippen MR) is 45.6 cm³/mol. The summed E-state index contributed by atoms with van der Waals surface area (Å²) in [5.41, 5.74) is 0.409. The Morgan fingerprint density at radius 3 is 2.58 bits per heavy atom. The molecule has 12 heavy (non-hydrogen) atoms. The summed E-state index contributed by atoms with van der Waals surface area (Å²) in [5.74, 6) is 0.314. The zero-order valence-corrected chi connectivity index (χ0v) is 7.64. The zero-order valence-electron chi connectivity index (χ0n) is 7.64. The van der Waals surface area contributed by atoms with E-state index in [1.807, 2.05) is 6.92 Å². The Balaban J connectivity index is 1.92. The van der Waals surface area contributed by atoms with Gasteiger partial charge in [-0.3, -0.25) is 4.79 Å². The van der Waals surface area contributed by atoms with Crippen LogP contribution >= 0.6 is 0 Å². The maximum atomic E-state index is 11.4. The van der Waals surface area contributed by atoms with Crippen molar-refractivity contribution >= 4 is 5.97 Å². The van der Waals surface area contributed by atoms with Crippen LogP contribution in [0.4, 0.5) is 0 Å². The quantitative estimate of drug-likeness (QED) is 0.590. The summed E-state index contributed by atoms with van der Waals surface area (Å²) >= 11 is 0. The number of carbonyl (C=O) groups is 1. The lowest BCUT2D eigenvalue weighted by Crippen LogP contribution is -2.49. The molecule has 0 N–H and O–H groups in total. The SMILES string of the molecule is CCOC(=O)C1CCC12CCC2. The standard InChI is InChI=1S/C10H16O2/c1-2-12-9(11)8-4-7-10(8)5-3-6-10/h8H,2-7H2,1H3. The molecule has 2 saturated carbocycles. The van der Waals surface area contributed by atoms with E-state index >= 15 is 0 Å². The smallest absolute Gasteiger partial charge is 0.309 e. The first kappa shape index (κ1) is 8.09. The topological polar surface area (TPSA) is 26.3 Å². The van der Waals surface area contributed by atoms with E-state index in [4.69, 9.17) is 4.74 Å². The van der Waals surface area contributed by atoms with E-state index in [-0.39, 0.29) is 11.9 Å². The normalized spacial score (nSPS) is 30.6. The third kappa shape index (κ3) is 0.970. The van der Waals surface area contributed by atoms with Crippen LogP contribution in [-0.2, 0) is 9.53 Å². The molecule has 1 atom stereocenters. The highest BCUT2D eigenvalue weighted by molar-refractivity contribution is 5.74. The summed E-state index contributed by atoms with van der Waals surface area (Å²) < 4.78 is 5.04. The van der Waals surface area contributed by atoms with Crippen molar-refractivity contribution < 1.29 is 9.53 Å². The molecular weight excluding hydrogens is 152 g/mol. The molecule has 0 bridgehead atoms. The van der Waals surface area contributed by atoms with E-state index < -0.39 is 0 Å². The average Bonchev–Trinajstić information content (AvgIpc) is 1.81. The van der Waals surface area contributed by atoms with E-state index in [0.29, 0.717) is 12.0 Å². The van der Waals surface area contributed by atoms with E-state index in [0.717, 1.165) is 6.42 Å². The summed E-state index contributed by atoms with van der Waals surface area (Å²) in [7, 11) is 0. The monoisotopic (exact) mass is 168 g/mol. The van der Waals surface area contributed by atoms with E-state index in [2.05, 4.69) is 0 Å². The number of rotatable bonds is 2. The molecule has 68 valence electrons. The Morgan fingerprint density at radius 2 is 2.25 bits per heavy atom. The van der Waals surface area contributed by atoms with Gasteiger partial charge in [0.05, 0.1) is 12.5 Å². The molecule has 1 unspecified atom stereocenters. The van der Waals surface area contributed by atoms with Gasteiger partial charge >= 0.3 is 5.97 Å². The molecule has 2 nitrogen and oxygen atoms in total. The lowest BCUT2D eigenvalue weighted by atomic mass is 9.50. The van der Waals surface area contributed by atoms with Crippen molar-refractivity contribution in [2.45, 2.75) is 39.0 Å². The fraction of sp³-hybridized carbons (Fsp3) is 0.900. The highest BCUT2D eigenvalue weighted by Gasteiger charge is 2.54. The molecule has 0 radical (unpaired) electrons. The van der Waals surface area contributed by atoms with Crippen molar-refractivity contribution in [1.29, 1.82) is 0 Å². The first-order valence-corrected chi connectivity index (χ1v) is 4.95. The van der Waals surface area contributed by atoms with Gasteiger partial charge < -0.3 is 4.74 Å². The maximum Gasteiger partial charge on any atom is 0.309 e. The van der Waals surface area contributed by atoms with Gasteiger partial charge in [-0.2, -0.15) is 0 Å². The van der Waals surface area contributed by atoms with Crippen LogP contribution in [0.25, 0.3) is 0 Å². The summed E-state index contributed by atoms with van der Waals surface area (Å²) in [6.45, 7) is 2.41. The summed E-state index contributed by atoms with van der Waals surface area (Å²) in [6.07, 6.45) is 6.16. The summed E-state index contributed by atoms with van der Waals surface area (Å²) in [4.78, 5) is 11.4. The van der Waals surface area contributed by atoms with Gasteiger partial charge in [0, 0.05) is 0 Å². The molecule has 2 heteroatoms. The molecule has 2 aliphatic carbocycles. The Morgan fingerprint density at radius 1 is 1.50 bits per heavy atom. The first-order valence-electron chi connectivity index (χ1n) is 4.95. The van der Waals surface area contributed by atoms with Crippen molar-refractivity contribution in [3.8, 4) is 0 Å². The van der Waals surface area contributed by atoms with Crippen molar-refractivity contribution in [3.05, 3.63) is 0 Å². The fourth-order valence-corrected chi connectivity index (χ4v) is 2.54. The van der Waals surface area contributed by atoms with Crippen molar-refractivity contribution in [1.82, 2.24) is 0 Å². The van der Waals surface area contributed by atoms with Gasteiger partial charge in [-0.25, -0.2) is 0 Å². The molecule has 0 aliphatic heterocycles. The molecule has 1 spiro atoms. The van der Waals surface area contributed by atoms with Gasteiger partial charge in [0.1, 0.15) is 0 Å². The second-order valence-corrected chi connectivity index (χ2v) is 4.06. The largest absolute Gasteiger partial charge is 0.466 e. The lowest BCUT2D eigenvalue weighted by molar-refractivity contribution is -0.167. The van der Waals surface area contributed by atoms with Crippen LogP contribution in [-0.4, -0.2) is 12.6 Å². The molecule has 2 fully saturated rings. The molecule has 0 aromatic carbocycles. The minimum absolute atomic E-state index is 0.0588. The number of hydrogen-bond donors (Lipinski definition) is 0. The molecule has 2 rings (SSSR count). The molecule has 2 aliphatic rings. The van der Waals surface area contributed by atoms with Crippen LogP contribution < -0.4 is 0 Å². The van der Waals surface area contributed by atoms with Crippen LogP contribution in [0.3, 0.4) is 0 Å². The predicted octanol–water partition coefficient (Wildman–Crippen LogP) is 2.13. The molecule has 0 aromatic heterocycles. The minimum Gasteiger partial charge on any atom is -0.466 e. The summed E-state index contributed by atoms with van der Waals surface area (Å²) in [5, 5.41) is 0. The van der Waals surface area contributed by atoms with Crippen LogP contribution in [0.1, 0.15) is 39.0 Å². The van der Waals surface area contributed by atoms with Crippen molar-refractivity contribution in [3.63, 3.8) is 0 Å². The van der Waals surface area contributed by atoms with E-state index in [1.165, 1.54) is 25.7 Å². The fourth-order valence-electron chi connectivity index (χ4n) is 2.54. The molecule has 0 aromatic rings. The lowest BCUT2D eigenvalue weighted by Gasteiger charge is -2.54. The maximum absolute atomic E-state index is 11.4. The van der Waals surface area contributed by atoms with Crippen LogP contribution in [0, 0.1) is 11.3 Å². The van der Waals surface area contributed by atoms with Crippen molar-refractivity contribution in [2.24, 2.45) is 11.3 Å². The minimum atomic E-state index is 0.0588. The van der Waals surface area contributed by atoms with Gasteiger partial charge in [-0.1, -0.05) is 6.42 Å². The number of ether oxygens (including phenoxy) is 1. The second-order valence-electron chi connectivity index (χ2n) is 4.06. The van der Waals surface area contributed by atoms with Gasteiger partial charge in [0.25, 0.3) is 0 Å². The third-order valence-electron chi connectivity index (χ3n) is 3.59. The average molecular weight is 168 g/mol. The van der Waals surface area contributed by atoms with Crippen LogP contribution in [0.2, 0.25) is 0 Å². The second kappa shape index (κ2) is 2.75. The highest BCUT2D eigenvalue weighted by atomic mass is 16.5. The van der Waals surface area contributed by atoms with E-state index in [9.17, 15) is 4.79 Å². The zero-order chi connectivity index (χ0) is 8.60. The van der Waals surface area contributed by atoms with Crippen molar-refractivity contribution in [2.75, 3.05) is 6.61 Å². The molecule has 0 heterocycles. The third-order valence-corrected chi connectivity index (χ3v) is 3.59. The van der Waals surface area contributed by atoms with Gasteiger partial charge in [-0.05, 0) is 38.0 Å². The highest BCUT2D eigenvalue weighted by Crippen LogP contribution is 2.60. The van der Waals surface area contributed by atoms with Crippen LogP contribution in [0.5, 0.6) is 0 Å². The molecule has 0 amide bonds. The Bertz CT molecular complexity index is 189. The van der Waals surface area contributed by atoms with E-state index in [1.54, 1.807) is 0 Å². The Hall–Kier alpha value is -0.530. The van der Waals surface area contributed by atoms with Gasteiger partial charge in [-0.15, -0.1) is 0 Å².